The van der Waals surface area contributed by atoms with E-state index >= 15 is 0 Å². The van der Waals surface area contributed by atoms with E-state index in [9.17, 15) is 4.79 Å². The fourth-order valence-corrected chi connectivity index (χ4v) is 1.07. The normalized spacial score (nSPS) is 20.8. The Bertz CT molecular complexity index is 325. The van der Waals surface area contributed by atoms with Crippen LogP contribution < -0.4 is 15.8 Å². The maximum Gasteiger partial charge on any atom is 0.280 e. The summed E-state index contributed by atoms with van der Waals surface area (Å²) in [6.45, 7) is 0. The summed E-state index contributed by atoms with van der Waals surface area (Å²) in [7, 11) is 0. The van der Waals surface area contributed by atoms with Crippen LogP contribution in [0.15, 0.2) is 24.3 Å². The van der Waals surface area contributed by atoms with Gasteiger partial charge in [-0.2, -0.15) is 0 Å². The number of carbonyl (C=O) groups is 1. The van der Waals surface area contributed by atoms with Gasteiger partial charge in [0.2, 0.25) is 6.23 Å². The molecule has 0 bridgehead atoms. The third kappa shape index (κ3) is 1.02. The van der Waals surface area contributed by atoms with E-state index in [1.54, 1.807) is 12.1 Å². The Morgan fingerprint density at radius 2 is 2.17 bits per heavy atom. The summed E-state index contributed by atoms with van der Waals surface area (Å²) in [5, 5.41) is 2.62. The summed E-state index contributed by atoms with van der Waals surface area (Å²) >= 11 is 0. The number of rotatable bonds is 0. The predicted octanol–water partition coefficient (Wildman–Crippen LogP) is 0.302. The molecule has 3 N–H and O–H groups in total. The van der Waals surface area contributed by atoms with Gasteiger partial charge in [0.15, 0.2) is 0 Å². The highest BCUT2D eigenvalue weighted by atomic mass is 16.5. The summed E-state index contributed by atoms with van der Waals surface area (Å²) in [5.74, 6) is 0.304. The average molecular weight is 164 g/mol. The molecule has 0 aliphatic carbocycles. The lowest BCUT2D eigenvalue weighted by atomic mass is 10.2. The van der Waals surface area contributed by atoms with E-state index < -0.39 is 6.23 Å². The van der Waals surface area contributed by atoms with E-state index in [-0.39, 0.29) is 5.91 Å². The fourth-order valence-electron chi connectivity index (χ4n) is 1.07. The van der Waals surface area contributed by atoms with Crippen molar-refractivity contribution >= 4 is 11.6 Å². The lowest BCUT2D eigenvalue weighted by Crippen LogP contribution is -2.43. The van der Waals surface area contributed by atoms with Crippen molar-refractivity contribution < 1.29 is 9.53 Å². The maximum atomic E-state index is 11.0. The van der Waals surface area contributed by atoms with Crippen LogP contribution in [0.4, 0.5) is 5.69 Å². The van der Waals surface area contributed by atoms with Gasteiger partial charge in [0.25, 0.3) is 5.91 Å². The molecule has 0 radical (unpaired) electrons. The predicted molar refractivity (Wildman–Crippen MR) is 43.7 cm³/mol. The van der Waals surface area contributed by atoms with Crippen molar-refractivity contribution in [3.63, 3.8) is 0 Å². The first-order chi connectivity index (χ1) is 5.77. The molecule has 4 nitrogen and oxygen atoms in total. The topological polar surface area (TPSA) is 64.3 Å². The van der Waals surface area contributed by atoms with Crippen molar-refractivity contribution in [3.05, 3.63) is 24.3 Å². The second kappa shape index (κ2) is 2.49. The molecule has 0 saturated heterocycles. The van der Waals surface area contributed by atoms with E-state index in [2.05, 4.69) is 5.32 Å². The first-order valence-corrected chi connectivity index (χ1v) is 3.59. The Morgan fingerprint density at radius 3 is 3.00 bits per heavy atom. The van der Waals surface area contributed by atoms with Crippen LogP contribution in [0.3, 0.4) is 0 Å². The van der Waals surface area contributed by atoms with Gasteiger partial charge < -0.3 is 10.1 Å². The van der Waals surface area contributed by atoms with Gasteiger partial charge >= 0.3 is 0 Å². The number of benzene rings is 1. The smallest absolute Gasteiger partial charge is 0.280 e. The molecule has 4 heteroatoms. The van der Waals surface area contributed by atoms with Crippen LogP contribution in [-0.4, -0.2) is 12.1 Å². The molecule has 1 aromatic rings. The zero-order valence-corrected chi connectivity index (χ0v) is 6.28. The zero-order chi connectivity index (χ0) is 8.55. The minimum Gasteiger partial charge on any atom is -0.464 e. The number of hydrogen-bond donors (Lipinski definition) is 2. The molecule has 1 aliphatic heterocycles. The first-order valence-electron chi connectivity index (χ1n) is 3.59. The number of amides is 1. The van der Waals surface area contributed by atoms with Crippen LogP contribution in [0.5, 0.6) is 5.75 Å². The van der Waals surface area contributed by atoms with E-state index in [0.717, 1.165) is 0 Å². The van der Waals surface area contributed by atoms with E-state index in [4.69, 9.17) is 10.5 Å². The van der Waals surface area contributed by atoms with Gasteiger partial charge in [0.05, 0.1) is 5.69 Å². The monoisotopic (exact) mass is 164 g/mol. The van der Waals surface area contributed by atoms with Gasteiger partial charge in [-0.25, -0.2) is 0 Å². The minimum atomic E-state index is -0.889. The standard InChI is InChI=1S/C8H8N2O2/c9-7-8(11)10-5-3-1-2-4-6(5)12-7/h1-4,7H,9H2,(H,10,11). The molecular formula is C8H8N2O2. The van der Waals surface area contributed by atoms with Gasteiger partial charge in [-0.3, -0.25) is 10.5 Å². The molecule has 0 fully saturated rings. The number of ether oxygens (including phenoxy) is 1. The molecule has 1 atom stereocenters. The van der Waals surface area contributed by atoms with Crippen LogP contribution in [-0.2, 0) is 4.79 Å². The summed E-state index contributed by atoms with van der Waals surface area (Å²) in [5.41, 5.74) is 6.03. The second-order valence-electron chi connectivity index (χ2n) is 2.52. The Hall–Kier alpha value is -1.55. The van der Waals surface area contributed by atoms with Crippen LogP contribution in [0.25, 0.3) is 0 Å². The van der Waals surface area contributed by atoms with E-state index in [0.29, 0.717) is 11.4 Å². The number of para-hydroxylation sites is 2. The molecule has 0 spiro atoms. The molecule has 1 aromatic carbocycles. The number of carbonyl (C=O) groups excluding carboxylic acids is 1. The van der Waals surface area contributed by atoms with E-state index in [1.165, 1.54) is 0 Å². The highest BCUT2D eigenvalue weighted by Crippen LogP contribution is 2.27. The molecule has 1 heterocycles. The van der Waals surface area contributed by atoms with Crippen molar-refractivity contribution in [2.24, 2.45) is 5.73 Å². The van der Waals surface area contributed by atoms with Crippen LogP contribution in [0, 0.1) is 0 Å². The Labute approximate surface area is 69.3 Å². The van der Waals surface area contributed by atoms with Crippen LogP contribution in [0.2, 0.25) is 0 Å². The summed E-state index contributed by atoms with van der Waals surface area (Å²) < 4.78 is 5.11. The highest BCUT2D eigenvalue weighted by Gasteiger charge is 2.22. The lowest BCUT2D eigenvalue weighted by Gasteiger charge is -2.22. The van der Waals surface area contributed by atoms with Gasteiger partial charge in [0.1, 0.15) is 5.75 Å². The van der Waals surface area contributed by atoms with Crippen LogP contribution in [0.1, 0.15) is 0 Å². The van der Waals surface area contributed by atoms with Crippen molar-refractivity contribution in [2.75, 3.05) is 5.32 Å². The Kier molecular flexibility index (Phi) is 1.48. The van der Waals surface area contributed by atoms with Crippen molar-refractivity contribution in [2.45, 2.75) is 6.23 Å². The molecule has 1 unspecified atom stereocenters. The molecule has 2 rings (SSSR count). The Morgan fingerprint density at radius 1 is 1.42 bits per heavy atom. The molecule has 1 amide bonds. The molecular weight excluding hydrogens is 156 g/mol. The maximum absolute atomic E-state index is 11.0. The fraction of sp³-hybridized carbons (Fsp3) is 0.125. The van der Waals surface area contributed by atoms with Gasteiger partial charge in [-0.05, 0) is 12.1 Å². The molecule has 0 saturated carbocycles. The third-order valence-electron chi connectivity index (χ3n) is 1.66. The third-order valence-corrected chi connectivity index (χ3v) is 1.66. The lowest BCUT2D eigenvalue weighted by molar-refractivity contribution is -0.123. The largest absolute Gasteiger partial charge is 0.464 e. The number of anilines is 1. The van der Waals surface area contributed by atoms with Crippen molar-refractivity contribution in [1.82, 2.24) is 0 Å². The second-order valence-corrected chi connectivity index (χ2v) is 2.52. The molecule has 1 aliphatic rings. The van der Waals surface area contributed by atoms with Gasteiger partial charge in [-0.15, -0.1) is 0 Å². The molecule has 12 heavy (non-hydrogen) atoms. The minimum absolute atomic E-state index is 0.311. The number of nitrogens with one attached hydrogen (secondary N) is 1. The van der Waals surface area contributed by atoms with Crippen molar-refractivity contribution in [3.8, 4) is 5.75 Å². The molecule has 0 aromatic heterocycles. The first kappa shape index (κ1) is 7.12. The Balaban J connectivity index is 2.40. The highest BCUT2D eigenvalue weighted by molar-refractivity contribution is 5.97. The van der Waals surface area contributed by atoms with Gasteiger partial charge in [-0.1, -0.05) is 12.1 Å². The average Bonchev–Trinajstić information content (AvgIpc) is 2.07. The van der Waals surface area contributed by atoms with Crippen LogP contribution >= 0.6 is 0 Å². The number of nitrogens with two attached hydrogens (primary N) is 1. The molecule has 62 valence electrons. The number of hydrogen-bond acceptors (Lipinski definition) is 3. The summed E-state index contributed by atoms with van der Waals surface area (Å²) in [6, 6.07) is 7.16. The van der Waals surface area contributed by atoms with Crippen molar-refractivity contribution in [1.29, 1.82) is 0 Å². The quantitative estimate of drug-likeness (QED) is 0.579. The number of fused-ring (bicyclic) bond motifs is 1. The van der Waals surface area contributed by atoms with E-state index in [1.807, 2.05) is 12.1 Å². The summed E-state index contributed by atoms with van der Waals surface area (Å²) in [6.07, 6.45) is -0.889. The SMILES string of the molecule is NC1Oc2ccccc2NC1=O. The zero-order valence-electron chi connectivity index (χ0n) is 6.28. The summed E-state index contributed by atoms with van der Waals surface area (Å²) in [4.78, 5) is 11.0. The van der Waals surface area contributed by atoms with Gasteiger partial charge in [0, 0.05) is 0 Å².